The first-order chi connectivity index (χ1) is 13.7. The highest BCUT2D eigenvalue weighted by Gasteiger charge is 2.30. The van der Waals surface area contributed by atoms with Crippen molar-refractivity contribution in [3.63, 3.8) is 0 Å². The second-order valence-electron chi connectivity index (χ2n) is 9.09. The van der Waals surface area contributed by atoms with E-state index in [1.54, 1.807) is 0 Å². The van der Waals surface area contributed by atoms with E-state index in [0.717, 1.165) is 48.1 Å². The Hall–Kier alpha value is -1.67. The molecule has 2 aromatic carbocycles. The van der Waals surface area contributed by atoms with Gasteiger partial charge in [0, 0.05) is 0 Å². The molecule has 150 valence electrons. The third-order valence-corrected chi connectivity index (χ3v) is 7.27. The Balaban J connectivity index is 1.22. The zero-order valence-electron chi connectivity index (χ0n) is 16.8. The zero-order chi connectivity index (χ0) is 19.3. The molecule has 2 aliphatic carbocycles. The van der Waals surface area contributed by atoms with Gasteiger partial charge < -0.3 is 5.11 Å². The average molecular weight is 381 g/mol. The molecule has 0 aliphatic heterocycles. The molecule has 2 heteroatoms. The highest BCUT2D eigenvalue weighted by atomic mass is 19.1. The van der Waals surface area contributed by atoms with Gasteiger partial charge in [0.15, 0.2) is 0 Å². The quantitative estimate of drug-likeness (QED) is 0.606. The van der Waals surface area contributed by atoms with E-state index in [2.05, 4.69) is 24.3 Å². The standard InChI is InChI=1S/C26H33FO/c27-25-15-11-23(12-16-25)21-7-3-19(4-8-21)1-2-20-5-9-22(10-6-20)24-13-17-26(28)18-14-24/h3-4,7-8,11-12,15-16,20,22,24,26,28H,1-2,5-6,9-10,13-14,17-18H2. The maximum atomic E-state index is 13.1. The molecular weight excluding hydrogens is 347 g/mol. The Morgan fingerprint density at radius 3 is 1.75 bits per heavy atom. The molecule has 1 N–H and O–H groups in total. The summed E-state index contributed by atoms with van der Waals surface area (Å²) in [7, 11) is 0. The van der Waals surface area contributed by atoms with E-state index in [-0.39, 0.29) is 11.9 Å². The predicted octanol–water partition coefficient (Wildman–Crippen LogP) is 6.78. The number of hydrogen-bond donors (Lipinski definition) is 1. The molecule has 0 atom stereocenters. The van der Waals surface area contributed by atoms with Crippen molar-refractivity contribution in [3.05, 3.63) is 59.9 Å². The van der Waals surface area contributed by atoms with E-state index in [1.807, 2.05) is 12.1 Å². The lowest BCUT2D eigenvalue weighted by atomic mass is 9.70. The van der Waals surface area contributed by atoms with Crippen LogP contribution in [0.5, 0.6) is 0 Å². The molecule has 2 aliphatic rings. The van der Waals surface area contributed by atoms with Crippen LogP contribution in [0.3, 0.4) is 0 Å². The molecule has 2 aromatic rings. The van der Waals surface area contributed by atoms with E-state index in [9.17, 15) is 9.50 Å². The summed E-state index contributed by atoms with van der Waals surface area (Å²) < 4.78 is 13.1. The van der Waals surface area contributed by atoms with Crippen LogP contribution >= 0.6 is 0 Å². The molecule has 0 radical (unpaired) electrons. The fourth-order valence-electron chi connectivity index (χ4n) is 5.40. The van der Waals surface area contributed by atoms with E-state index in [4.69, 9.17) is 0 Å². The average Bonchev–Trinajstić information content (AvgIpc) is 2.74. The lowest BCUT2D eigenvalue weighted by Gasteiger charge is -2.37. The predicted molar refractivity (Wildman–Crippen MR) is 114 cm³/mol. The zero-order valence-corrected chi connectivity index (χ0v) is 16.8. The second kappa shape index (κ2) is 9.22. The molecule has 28 heavy (non-hydrogen) atoms. The summed E-state index contributed by atoms with van der Waals surface area (Å²) in [5.41, 5.74) is 3.64. The van der Waals surface area contributed by atoms with Crippen molar-refractivity contribution < 1.29 is 9.50 Å². The number of hydrogen-bond acceptors (Lipinski definition) is 1. The smallest absolute Gasteiger partial charge is 0.123 e. The summed E-state index contributed by atoms with van der Waals surface area (Å²) in [6, 6.07) is 15.5. The van der Waals surface area contributed by atoms with Gasteiger partial charge in [-0.1, -0.05) is 49.2 Å². The van der Waals surface area contributed by atoms with Crippen LogP contribution in [0, 0.1) is 23.6 Å². The third-order valence-electron chi connectivity index (χ3n) is 7.27. The first-order valence-corrected chi connectivity index (χ1v) is 11.2. The van der Waals surface area contributed by atoms with Crippen molar-refractivity contribution in [2.24, 2.45) is 17.8 Å². The van der Waals surface area contributed by atoms with Gasteiger partial charge in [0.2, 0.25) is 0 Å². The SMILES string of the molecule is OC1CCC(C2CCC(CCc3ccc(-c4ccc(F)cc4)cc3)CC2)CC1. The highest BCUT2D eigenvalue weighted by molar-refractivity contribution is 5.63. The number of halogens is 1. The van der Waals surface area contributed by atoms with E-state index in [1.165, 1.54) is 62.6 Å². The van der Waals surface area contributed by atoms with E-state index in [0.29, 0.717) is 0 Å². The minimum Gasteiger partial charge on any atom is -0.393 e. The molecule has 0 unspecified atom stereocenters. The molecule has 0 saturated heterocycles. The molecule has 4 rings (SSSR count). The molecule has 0 heterocycles. The summed E-state index contributed by atoms with van der Waals surface area (Å²) in [4.78, 5) is 0. The normalized spacial score (nSPS) is 28.2. The van der Waals surface area contributed by atoms with Crippen LogP contribution in [0.15, 0.2) is 48.5 Å². The maximum absolute atomic E-state index is 13.1. The fourth-order valence-corrected chi connectivity index (χ4v) is 5.40. The Kier molecular flexibility index (Phi) is 6.47. The number of benzene rings is 2. The number of aryl methyl sites for hydroxylation is 1. The van der Waals surface area contributed by atoms with Crippen molar-refractivity contribution in [1.82, 2.24) is 0 Å². The van der Waals surface area contributed by atoms with Crippen LogP contribution in [0.1, 0.15) is 63.4 Å². The largest absolute Gasteiger partial charge is 0.393 e. The molecule has 1 nitrogen and oxygen atoms in total. The summed E-state index contributed by atoms with van der Waals surface area (Å²) in [6.07, 6.45) is 12.5. The molecular formula is C26H33FO. The Labute approximate surface area is 169 Å². The van der Waals surface area contributed by atoms with Crippen molar-refractivity contribution in [2.45, 2.75) is 70.3 Å². The Morgan fingerprint density at radius 2 is 1.18 bits per heavy atom. The molecule has 0 spiro atoms. The molecule has 0 bridgehead atoms. The van der Waals surface area contributed by atoms with Crippen LogP contribution in [-0.4, -0.2) is 11.2 Å². The number of aliphatic hydroxyl groups is 1. The van der Waals surface area contributed by atoms with Gasteiger partial charge in [-0.05, 0) is 97.9 Å². The van der Waals surface area contributed by atoms with Gasteiger partial charge in [-0.25, -0.2) is 4.39 Å². The van der Waals surface area contributed by atoms with Gasteiger partial charge in [-0.15, -0.1) is 0 Å². The molecule has 2 fully saturated rings. The van der Waals surface area contributed by atoms with Crippen molar-refractivity contribution in [2.75, 3.05) is 0 Å². The minimum absolute atomic E-state index is 0.0259. The summed E-state index contributed by atoms with van der Waals surface area (Å²) in [5.74, 6) is 2.49. The maximum Gasteiger partial charge on any atom is 0.123 e. The number of rotatable bonds is 5. The first kappa shape index (κ1) is 19.6. The first-order valence-electron chi connectivity index (χ1n) is 11.2. The van der Waals surface area contributed by atoms with Crippen molar-refractivity contribution >= 4 is 0 Å². The number of aliphatic hydroxyl groups excluding tert-OH is 1. The van der Waals surface area contributed by atoms with Gasteiger partial charge in [-0.2, -0.15) is 0 Å². The van der Waals surface area contributed by atoms with Gasteiger partial charge in [0.05, 0.1) is 6.10 Å². The molecule has 2 saturated carbocycles. The topological polar surface area (TPSA) is 20.2 Å². The van der Waals surface area contributed by atoms with Crippen molar-refractivity contribution in [3.8, 4) is 11.1 Å². The monoisotopic (exact) mass is 380 g/mol. The van der Waals surface area contributed by atoms with Crippen LogP contribution < -0.4 is 0 Å². The second-order valence-corrected chi connectivity index (χ2v) is 9.09. The van der Waals surface area contributed by atoms with E-state index < -0.39 is 0 Å². The van der Waals surface area contributed by atoms with Crippen LogP contribution in [0.2, 0.25) is 0 Å². The molecule has 0 aromatic heterocycles. The van der Waals surface area contributed by atoms with Crippen molar-refractivity contribution in [1.29, 1.82) is 0 Å². The highest BCUT2D eigenvalue weighted by Crippen LogP contribution is 2.41. The Bertz CT molecular complexity index is 720. The van der Waals surface area contributed by atoms with Gasteiger partial charge in [0.1, 0.15) is 5.82 Å². The van der Waals surface area contributed by atoms with Gasteiger partial charge in [-0.3, -0.25) is 0 Å². The molecule has 0 amide bonds. The van der Waals surface area contributed by atoms with E-state index >= 15 is 0 Å². The third kappa shape index (κ3) is 5.03. The summed E-state index contributed by atoms with van der Waals surface area (Å²) >= 11 is 0. The summed E-state index contributed by atoms with van der Waals surface area (Å²) in [6.45, 7) is 0. The van der Waals surface area contributed by atoms with Gasteiger partial charge in [0.25, 0.3) is 0 Å². The van der Waals surface area contributed by atoms with Crippen LogP contribution in [-0.2, 0) is 6.42 Å². The Morgan fingerprint density at radius 1 is 0.679 bits per heavy atom. The van der Waals surface area contributed by atoms with Crippen LogP contribution in [0.4, 0.5) is 4.39 Å². The van der Waals surface area contributed by atoms with Crippen LogP contribution in [0.25, 0.3) is 11.1 Å². The lowest BCUT2D eigenvalue weighted by molar-refractivity contribution is 0.0765. The summed E-state index contributed by atoms with van der Waals surface area (Å²) in [5, 5.41) is 9.72. The fraction of sp³-hybridized carbons (Fsp3) is 0.538. The van der Waals surface area contributed by atoms with Gasteiger partial charge >= 0.3 is 0 Å². The lowest BCUT2D eigenvalue weighted by Crippen LogP contribution is -2.27. The minimum atomic E-state index is -0.184.